The van der Waals surface area contributed by atoms with Crippen LogP contribution < -0.4 is 5.32 Å². The van der Waals surface area contributed by atoms with Crippen molar-refractivity contribution in [1.29, 1.82) is 0 Å². The predicted octanol–water partition coefficient (Wildman–Crippen LogP) is 2.15. The molecular formula is C14H25F3N2O. The van der Waals surface area contributed by atoms with E-state index in [9.17, 15) is 13.2 Å². The first-order chi connectivity index (χ1) is 9.48. The summed E-state index contributed by atoms with van der Waals surface area (Å²) in [7, 11) is 0. The standard InChI is InChI=1S/C14H25F3N2O/c15-14(16,17)6-9-19-7-3-12(4-8-19)18-13(5-10-20)11-1-2-11/h11-13,18,20H,1-10H2. The van der Waals surface area contributed by atoms with Gasteiger partial charge in [0.05, 0.1) is 6.42 Å². The van der Waals surface area contributed by atoms with Crippen LogP contribution in [0.3, 0.4) is 0 Å². The minimum absolute atomic E-state index is 0.124. The van der Waals surface area contributed by atoms with Gasteiger partial charge in [-0.2, -0.15) is 13.2 Å². The van der Waals surface area contributed by atoms with E-state index in [1.165, 1.54) is 12.8 Å². The third-order valence-corrected chi connectivity index (χ3v) is 4.38. The van der Waals surface area contributed by atoms with E-state index >= 15 is 0 Å². The molecule has 118 valence electrons. The molecule has 0 aromatic carbocycles. The van der Waals surface area contributed by atoms with E-state index in [0.717, 1.165) is 32.4 Å². The largest absolute Gasteiger partial charge is 0.396 e. The second kappa shape index (κ2) is 7.09. The van der Waals surface area contributed by atoms with Crippen LogP contribution in [-0.2, 0) is 0 Å². The van der Waals surface area contributed by atoms with Crippen molar-refractivity contribution in [2.75, 3.05) is 26.2 Å². The number of nitrogens with one attached hydrogen (secondary N) is 1. The highest BCUT2D eigenvalue weighted by molar-refractivity contribution is 4.89. The zero-order chi connectivity index (χ0) is 14.6. The third-order valence-electron chi connectivity index (χ3n) is 4.38. The molecule has 2 rings (SSSR count). The van der Waals surface area contributed by atoms with Gasteiger partial charge in [-0.25, -0.2) is 0 Å². The summed E-state index contributed by atoms with van der Waals surface area (Å²) in [4.78, 5) is 1.91. The van der Waals surface area contributed by atoms with Crippen molar-refractivity contribution < 1.29 is 18.3 Å². The first-order valence-electron chi connectivity index (χ1n) is 7.64. The smallest absolute Gasteiger partial charge is 0.390 e. The average Bonchev–Trinajstić information content (AvgIpc) is 3.21. The van der Waals surface area contributed by atoms with Gasteiger partial charge in [0, 0.05) is 25.2 Å². The van der Waals surface area contributed by atoms with E-state index < -0.39 is 12.6 Å². The summed E-state index contributed by atoms with van der Waals surface area (Å²) in [6, 6.07) is 0.793. The minimum atomic E-state index is -4.05. The highest BCUT2D eigenvalue weighted by Gasteiger charge is 2.33. The molecule has 2 N–H and O–H groups in total. The number of aliphatic hydroxyl groups excluding tert-OH is 1. The third kappa shape index (κ3) is 5.58. The number of halogens is 3. The van der Waals surface area contributed by atoms with Gasteiger partial charge >= 0.3 is 6.18 Å². The highest BCUT2D eigenvalue weighted by atomic mass is 19.4. The molecule has 0 aromatic heterocycles. The molecule has 1 heterocycles. The maximum Gasteiger partial charge on any atom is 0.390 e. The van der Waals surface area contributed by atoms with Gasteiger partial charge in [-0.1, -0.05) is 0 Å². The number of piperidine rings is 1. The topological polar surface area (TPSA) is 35.5 Å². The Labute approximate surface area is 118 Å². The van der Waals surface area contributed by atoms with Gasteiger partial charge in [0.1, 0.15) is 0 Å². The number of hydrogen-bond donors (Lipinski definition) is 2. The summed E-state index contributed by atoms with van der Waals surface area (Å²) in [5, 5.41) is 12.7. The Morgan fingerprint density at radius 3 is 2.30 bits per heavy atom. The molecule has 0 bridgehead atoms. The van der Waals surface area contributed by atoms with Crippen LogP contribution in [0.15, 0.2) is 0 Å². The van der Waals surface area contributed by atoms with Crippen molar-refractivity contribution in [3.63, 3.8) is 0 Å². The first-order valence-corrected chi connectivity index (χ1v) is 7.64. The Kier molecular flexibility index (Phi) is 5.69. The number of alkyl halides is 3. The number of rotatable bonds is 7. The second-order valence-electron chi connectivity index (χ2n) is 6.10. The fourth-order valence-electron chi connectivity index (χ4n) is 3.00. The van der Waals surface area contributed by atoms with Crippen LogP contribution in [0.2, 0.25) is 0 Å². The summed E-state index contributed by atoms with van der Waals surface area (Å²) in [6.45, 7) is 1.81. The van der Waals surface area contributed by atoms with Gasteiger partial charge in [0.2, 0.25) is 0 Å². The molecule has 3 nitrogen and oxygen atoms in total. The van der Waals surface area contributed by atoms with Crippen LogP contribution in [0.1, 0.15) is 38.5 Å². The molecule has 1 saturated carbocycles. The highest BCUT2D eigenvalue weighted by Crippen LogP contribution is 2.34. The monoisotopic (exact) mass is 294 g/mol. The summed E-state index contributed by atoms with van der Waals surface area (Å²) in [5.74, 6) is 0.699. The molecule has 0 spiro atoms. The number of nitrogens with zero attached hydrogens (tertiary/aromatic N) is 1. The molecule has 0 amide bonds. The molecule has 0 aromatic rings. The molecule has 0 radical (unpaired) electrons. The second-order valence-corrected chi connectivity index (χ2v) is 6.10. The van der Waals surface area contributed by atoms with Crippen LogP contribution >= 0.6 is 0 Å². The lowest BCUT2D eigenvalue weighted by molar-refractivity contribution is -0.138. The van der Waals surface area contributed by atoms with Crippen LogP contribution in [0.4, 0.5) is 13.2 Å². The molecule has 1 unspecified atom stereocenters. The maximum absolute atomic E-state index is 12.2. The molecule has 1 aliphatic carbocycles. The summed E-state index contributed by atoms with van der Waals surface area (Å²) >= 11 is 0. The zero-order valence-electron chi connectivity index (χ0n) is 11.8. The molecule has 1 aliphatic heterocycles. The predicted molar refractivity (Wildman–Crippen MR) is 71.5 cm³/mol. The van der Waals surface area contributed by atoms with Crippen LogP contribution in [-0.4, -0.2) is 54.5 Å². The van der Waals surface area contributed by atoms with Crippen molar-refractivity contribution in [3.05, 3.63) is 0 Å². The van der Waals surface area contributed by atoms with Gasteiger partial charge in [-0.15, -0.1) is 0 Å². The molecule has 2 fully saturated rings. The number of aliphatic hydroxyl groups is 1. The summed E-state index contributed by atoms with van der Waals surface area (Å²) in [6.07, 6.45) is 0.329. The van der Waals surface area contributed by atoms with E-state index in [1.54, 1.807) is 0 Å². The summed E-state index contributed by atoms with van der Waals surface area (Å²) in [5.41, 5.74) is 0. The zero-order valence-corrected chi connectivity index (χ0v) is 11.8. The molecule has 1 saturated heterocycles. The normalized spacial score (nSPS) is 24.0. The minimum Gasteiger partial charge on any atom is -0.396 e. The summed E-state index contributed by atoms with van der Waals surface area (Å²) < 4.78 is 36.5. The van der Waals surface area contributed by atoms with Gasteiger partial charge < -0.3 is 15.3 Å². The maximum atomic E-state index is 12.2. The Hall–Kier alpha value is -0.330. The quantitative estimate of drug-likeness (QED) is 0.755. The van der Waals surface area contributed by atoms with Crippen LogP contribution in [0, 0.1) is 5.92 Å². The molecule has 2 aliphatic rings. The Bertz CT molecular complexity index is 287. The average molecular weight is 294 g/mol. The Morgan fingerprint density at radius 1 is 1.15 bits per heavy atom. The Morgan fingerprint density at radius 2 is 1.80 bits per heavy atom. The van der Waals surface area contributed by atoms with E-state index in [2.05, 4.69) is 5.32 Å². The lowest BCUT2D eigenvalue weighted by atomic mass is 10.0. The van der Waals surface area contributed by atoms with E-state index in [4.69, 9.17) is 5.11 Å². The van der Waals surface area contributed by atoms with Gasteiger partial charge in [0.25, 0.3) is 0 Å². The lowest BCUT2D eigenvalue weighted by Gasteiger charge is -2.34. The van der Waals surface area contributed by atoms with E-state index in [1.807, 2.05) is 4.90 Å². The van der Waals surface area contributed by atoms with Crippen molar-refractivity contribution in [2.45, 2.75) is 56.8 Å². The van der Waals surface area contributed by atoms with E-state index in [-0.39, 0.29) is 13.2 Å². The number of likely N-dealkylation sites (tertiary alicyclic amines) is 1. The van der Waals surface area contributed by atoms with Crippen molar-refractivity contribution >= 4 is 0 Å². The molecular weight excluding hydrogens is 269 g/mol. The Balaban J connectivity index is 1.65. The van der Waals surface area contributed by atoms with Gasteiger partial charge in [-0.3, -0.25) is 0 Å². The fraction of sp³-hybridized carbons (Fsp3) is 1.00. The SMILES string of the molecule is OCCC(NC1CCN(CCC(F)(F)F)CC1)C1CC1. The van der Waals surface area contributed by atoms with Gasteiger partial charge in [-0.05, 0) is 51.1 Å². The fourth-order valence-corrected chi connectivity index (χ4v) is 3.00. The number of hydrogen-bond acceptors (Lipinski definition) is 3. The van der Waals surface area contributed by atoms with Gasteiger partial charge in [0.15, 0.2) is 0 Å². The van der Waals surface area contributed by atoms with E-state index in [0.29, 0.717) is 18.0 Å². The first kappa shape index (κ1) is 16.0. The van der Waals surface area contributed by atoms with Crippen LogP contribution in [0.5, 0.6) is 0 Å². The van der Waals surface area contributed by atoms with Crippen LogP contribution in [0.25, 0.3) is 0 Å². The molecule has 1 atom stereocenters. The van der Waals surface area contributed by atoms with Crippen molar-refractivity contribution in [2.24, 2.45) is 5.92 Å². The lowest BCUT2D eigenvalue weighted by Crippen LogP contribution is -2.47. The van der Waals surface area contributed by atoms with Crippen molar-refractivity contribution in [1.82, 2.24) is 10.2 Å². The molecule has 6 heteroatoms. The van der Waals surface area contributed by atoms with Crippen molar-refractivity contribution in [3.8, 4) is 0 Å². The molecule has 20 heavy (non-hydrogen) atoms.